The summed E-state index contributed by atoms with van der Waals surface area (Å²) < 4.78 is 10.6. The fraction of sp³-hybridized carbons (Fsp3) is 0.562. The fourth-order valence-corrected chi connectivity index (χ4v) is 2.09. The van der Waals surface area contributed by atoms with Gasteiger partial charge >= 0.3 is 5.97 Å². The Labute approximate surface area is 133 Å². The maximum Gasteiger partial charge on any atom is 0.309 e. The molecule has 0 aliphatic heterocycles. The number of nitrogens with two attached hydrogens (primary N) is 1. The average molecular weight is 316 g/mol. The summed E-state index contributed by atoms with van der Waals surface area (Å²) in [6.07, 6.45) is 2.54. The zero-order chi connectivity index (χ0) is 14.8. The van der Waals surface area contributed by atoms with Gasteiger partial charge in [-0.3, -0.25) is 4.79 Å². The standard InChI is InChI=1S/C16H25NO3.ClH/c1-3-5-14(16(18)19-4-2)12-13-6-8-15(9-7-13)20-11-10-17;/h6-9,14H,3-5,10-12,17H2,1-2H3;1H. The highest BCUT2D eigenvalue weighted by Crippen LogP contribution is 2.19. The lowest BCUT2D eigenvalue weighted by molar-refractivity contribution is -0.148. The molecule has 0 fully saturated rings. The van der Waals surface area contributed by atoms with E-state index in [9.17, 15) is 4.79 Å². The van der Waals surface area contributed by atoms with Crippen molar-refractivity contribution in [1.82, 2.24) is 0 Å². The minimum atomic E-state index is -0.0993. The highest BCUT2D eigenvalue weighted by molar-refractivity contribution is 5.85. The van der Waals surface area contributed by atoms with Crippen molar-refractivity contribution in [3.63, 3.8) is 0 Å². The molecule has 1 atom stereocenters. The van der Waals surface area contributed by atoms with E-state index in [1.54, 1.807) is 0 Å². The Balaban J connectivity index is 0.00000400. The van der Waals surface area contributed by atoms with Gasteiger partial charge in [0.2, 0.25) is 0 Å². The predicted molar refractivity (Wildman–Crippen MR) is 87.0 cm³/mol. The van der Waals surface area contributed by atoms with E-state index in [1.807, 2.05) is 31.2 Å². The molecule has 1 aromatic rings. The number of hydrogen-bond acceptors (Lipinski definition) is 4. The second-order valence-electron chi connectivity index (χ2n) is 4.72. The van der Waals surface area contributed by atoms with Gasteiger partial charge < -0.3 is 15.2 Å². The van der Waals surface area contributed by atoms with Crippen LogP contribution < -0.4 is 10.5 Å². The van der Waals surface area contributed by atoms with Gasteiger partial charge in [-0.25, -0.2) is 0 Å². The number of carbonyl (C=O) groups is 1. The normalized spacial score (nSPS) is 11.4. The van der Waals surface area contributed by atoms with Gasteiger partial charge in [0.05, 0.1) is 12.5 Å². The smallest absolute Gasteiger partial charge is 0.309 e. The summed E-state index contributed by atoms with van der Waals surface area (Å²) in [5, 5.41) is 0. The Morgan fingerprint density at radius 1 is 1.24 bits per heavy atom. The maximum atomic E-state index is 11.9. The molecule has 2 N–H and O–H groups in total. The minimum Gasteiger partial charge on any atom is -0.492 e. The molecular formula is C16H26ClNO3. The number of benzene rings is 1. The van der Waals surface area contributed by atoms with Crippen molar-refractivity contribution in [1.29, 1.82) is 0 Å². The first-order valence-electron chi connectivity index (χ1n) is 7.29. The molecule has 0 bridgehead atoms. The van der Waals surface area contributed by atoms with Crippen LogP contribution in [0.15, 0.2) is 24.3 Å². The van der Waals surface area contributed by atoms with Gasteiger partial charge in [0, 0.05) is 6.54 Å². The zero-order valence-electron chi connectivity index (χ0n) is 12.8. The number of carbonyl (C=O) groups excluding carboxylic acids is 1. The van der Waals surface area contributed by atoms with Crippen molar-refractivity contribution in [2.24, 2.45) is 11.7 Å². The minimum absolute atomic E-state index is 0. The largest absolute Gasteiger partial charge is 0.492 e. The summed E-state index contributed by atoms with van der Waals surface area (Å²) >= 11 is 0. The van der Waals surface area contributed by atoms with Crippen LogP contribution in [0.5, 0.6) is 5.75 Å². The van der Waals surface area contributed by atoms with Gasteiger partial charge in [-0.15, -0.1) is 12.4 Å². The van der Waals surface area contributed by atoms with Crippen molar-refractivity contribution < 1.29 is 14.3 Å². The third-order valence-corrected chi connectivity index (χ3v) is 3.05. The second kappa shape index (κ2) is 11.4. The molecule has 0 saturated heterocycles. The maximum absolute atomic E-state index is 11.9. The lowest BCUT2D eigenvalue weighted by Gasteiger charge is -2.15. The highest BCUT2D eigenvalue weighted by Gasteiger charge is 2.19. The molecule has 1 rings (SSSR count). The quantitative estimate of drug-likeness (QED) is 0.712. The van der Waals surface area contributed by atoms with Crippen molar-refractivity contribution in [2.75, 3.05) is 19.8 Å². The molecule has 0 aliphatic rings. The Hall–Kier alpha value is -1.26. The third-order valence-electron chi connectivity index (χ3n) is 3.05. The lowest BCUT2D eigenvalue weighted by Crippen LogP contribution is -2.20. The summed E-state index contributed by atoms with van der Waals surface area (Å²) in [6.45, 7) is 5.37. The van der Waals surface area contributed by atoms with E-state index in [-0.39, 0.29) is 24.3 Å². The molecule has 1 unspecified atom stereocenters. The van der Waals surface area contributed by atoms with Crippen molar-refractivity contribution in [3.05, 3.63) is 29.8 Å². The molecule has 0 saturated carbocycles. The van der Waals surface area contributed by atoms with Crippen LogP contribution in [0.2, 0.25) is 0 Å². The Bertz CT molecular complexity index is 395. The van der Waals surface area contributed by atoms with E-state index in [0.717, 1.165) is 24.2 Å². The van der Waals surface area contributed by atoms with Crippen LogP contribution >= 0.6 is 12.4 Å². The number of hydrogen-bond donors (Lipinski definition) is 1. The van der Waals surface area contributed by atoms with E-state index in [1.165, 1.54) is 0 Å². The van der Waals surface area contributed by atoms with Gasteiger partial charge in [-0.05, 0) is 37.5 Å². The molecule has 0 aliphatic carbocycles. The summed E-state index contributed by atoms with van der Waals surface area (Å²) in [5.41, 5.74) is 6.51. The summed E-state index contributed by atoms with van der Waals surface area (Å²) in [4.78, 5) is 11.9. The van der Waals surface area contributed by atoms with Crippen LogP contribution in [0.4, 0.5) is 0 Å². The van der Waals surface area contributed by atoms with E-state index < -0.39 is 0 Å². The molecular weight excluding hydrogens is 290 g/mol. The van der Waals surface area contributed by atoms with E-state index >= 15 is 0 Å². The van der Waals surface area contributed by atoms with Crippen LogP contribution in [0.3, 0.4) is 0 Å². The van der Waals surface area contributed by atoms with Gasteiger partial charge in [0.25, 0.3) is 0 Å². The molecule has 0 aromatic heterocycles. The van der Waals surface area contributed by atoms with Crippen LogP contribution in [0.1, 0.15) is 32.3 Å². The molecule has 0 heterocycles. The fourth-order valence-electron chi connectivity index (χ4n) is 2.09. The molecule has 4 nitrogen and oxygen atoms in total. The molecule has 120 valence electrons. The van der Waals surface area contributed by atoms with E-state index in [2.05, 4.69) is 6.92 Å². The lowest BCUT2D eigenvalue weighted by atomic mass is 9.95. The van der Waals surface area contributed by atoms with Crippen molar-refractivity contribution in [3.8, 4) is 5.75 Å². The third kappa shape index (κ3) is 7.34. The Morgan fingerprint density at radius 3 is 2.43 bits per heavy atom. The average Bonchev–Trinajstić information content (AvgIpc) is 2.46. The molecule has 1 aromatic carbocycles. The summed E-state index contributed by atoms with van der Waals surface area (Å²) in [7, 11) is 0. The number of esters is 1. The van der Waals surface area contributed by atoms with E-state index in [0.29, 0.717) is 26.2 Å². The predicted octanol–water partition coefficient (Wildman–Crippen LogP) is 2.97. The van der Waals surface area contributed by atoms with Gasteiger partial charge in [-0.1, -0.05) is 25.5 Å². The summed E-state index contributed by atoms with van der Waals surface area (Å²) in [6, 6.07) is 7.82. The molecule has 0 amide bonds. The molecule has 5 heteroatoms. The summed E-state index contributed by atoms with van der Waals surface area (Å²) in [5.74, 6) is 0.649. The first-order chi connectivity index (χ1) is 9.71. The van der Waals surface area contributed by atoms with Gasteiger partial charge in [0.15, 0.2) is 0 Å². The number of rotatable bonds is 9. The van der Waals surface area contributed by atoms with Gasteiger partial charge in [0.1, 0.15) is 12.4 Å². The van der Waals surface area contributed by atoms with Crippen LogP contribution in [-0.4, -0.2) is 25.7 Å². The first-order valence-corrected chi connectivity index (χ1v) is 7.29. The first kappa shape index (κ1) is 19.7. The van der Waals surface area contributed by atoms with Crippen LogP contribution in [-0.2, 0) is 16.0 Å². The second-order valence-corrected chi connectivity index (χ2v) is 4.72. The van der Waals surface area contributed by atoms with Gasteiger partial charge in [-0.2, -0.15) is 0 Å². The van der Waals surface area contributed by atoms with Crippen molar-refractivity contribution in [2.45, 2.75) is 33.1 Å². The van der Waals surface area contributed by atoms with Crippen LogP contribution in [0, 0.1) is 5.92 Å². The molecule has 21 heavy (non-hydrogen) atoms. The highest BCUT2D eigenvalue weighted by atomic mass is 35.5. The topological polar surface area (TPSA) is 61.5 Å². The molecule has 0 radical (unpaired) electrons. The Morgan fingerprint density at radius 2 is 1.90 bits per heavy atom. The number of halogens is 1. The zero-order valence-corrected chi connectivity index (χ0v) is 13.7. The van der Waals surface area contributed by atoms with E-state index in [4.69, 9.17) is 15.2 Å². The van der Waals surface area contributed by atoms with Crippen LogP contribution in [0.25, 0.3) is 0 Å². The SMILES string of the molecule is CCCC(Cc1ccc(OCCN)cc1)C(=O)OCC.Cl. The monoisotopic (exact) mass is 315 g/mol. The molecule has 0 spiro atoms. The number of ether oxygens (including phenoxy) is 2. The Kier molecular flexibility index (Phi) is 10.7. The van der Waals surface area contributed by atoms with Crippen molar-refractivity contribution >= 4 is 18.4 Å².